The number of nitrogens with zero attached hydrogens (tertiary/aromatic N) is 3. The number of anilines is 1. The van der Waals surface area contributed by atoms with Crippen LogP contribution in [0.3, 0.4) is 0 Å². The van der Waals surface area contributed by atoms with Crippen LogP contribution in [0.5, 0.6) is 0 Å². The Bertz CT molecular complexity index is 1020. The average molecular weight is 350 g/mol. The minimum absolute atomic E-state index is 0.0488. The van der Waals surface area contributed by atoms with E-state index < -0.39 is 6.04 Å². The first-order chi connectivity index (χ1) is 12.5. The van der Waals surface area contributed by atoms with Crippen molar-refractivity contribution in [2.75, 3.05) is 5.32 Å². The molecule has 1 atom stereocenters. The molecule has 0 saturated heterocycles. The summed E-state index contributed by atoms with van der Waals surface area (Å²) < 4.78 is 1.11. The molecule has 3 rings (SSSR count). The number of amides is 1. The zero-order chi connectivity index (χ0) is 18.7. The van der Waals surface area contributed by atoms with Crippen molar-refractivity contribution in [3.63, 3.8) is 0 Å². The van der Waals surface area contributed by atoms with Gasteiger partial charge in [0.1, 0.15) is 11.6 Å². The number of hydrogen-bond acceptors (Lipinski definition) is 5. The molecule has 0 aliphatic carbocycles. The SMILES string of the molecule is CCC(C(=O)Nc1ccc(C(C)=O)cc1)n1nnc2ccccc2c1=O. The molecule has 1 aromatic heterocycles. The van der Waals surface area contributed by atoms with Gasteiger partial charge in [-0.1, -0.05) is 24.3 Å². The highest BCUT2D eigenvalue weighted by Crippen LogP contribution is 2.15. The van der Waals surface area contributed by atoms with E-state index in [0.717, 1.165) is 4.68 Å². The molecule has 132 valence electrons. The summed E-state index contributed by atoms with van der Waals surface area (Å²) in [6.45, 7) is 3.28. The number of carbonyl (C=O) groups is 2. The lowest BCUT2D eigenvalue weighted by Gasteiger charge is -2.16. The Balaban J connectivity index is 1.88. The van der Waals surface area contributed by atoms with Crippen LogP contribution in [0.1, 0.15) is 36.7 Å². The van der Waals surface area contributed by atoms with Gasteiger partial charge in [0.15, 0.2) is 5.78 Å². The normalized spacial score (nSPS) is 11.9. The molecule has 7 heteroatoms. The van der Waals surface area contributed by atoms with Gasteiger partial charge in [-0.25, -0.2) is 0 Å². The molecule has 0 saturated carbocycles. The second-order valence-electron chi connectivity index (χ2n) is 5.90. The van der Waals surface area contributed by atoms with Gasteiger partial charge in [-0.05, 0) is 49.7 Å². The van der Waals surface area contributed by atoms with Crippen molar-refractivity contribution in [1.29, 1.82) is 0 Å². The number of Topliss-reactive ketones (excluding diaryl/α,β-unsaturated/α-hetero) is 1. The number of fused-ring (bicyclic) bond motifs is 1. The molecule has 2 aromatic carbocycles. The predicted molar refractivity (Wildman–Crippen MR) is 98.2 cm³/mol. The largest absolute Gasteiger partial charge is 0.324 e. The Kier molecular flexibility index (Phi) is 4.88. The number of aromatic nitrogens is 3. The number of hydrogen-bond donors (Lipinski definition) is 1. The summed E-state index contributed by atoms with van der Waals surface area (Å²) in [6, 6.07) is 12.7. The van der Waals surface area contributed by atoms with Gasteiger partial charge in [0.05, 0.1) is 5.39 Å². The van der Waals surface area contributed by atoms with Crippen molar-refractivity contribution in [3.05, 3.63) is 64.4 Å². The topological polar surface area (TPSA) is 93.9 Å². The van der Waals surface area contributed by atoms with Crippen LogP contribution in [0, 0.1) is 0 Å². The summed E-state index contributed by atoms with van der Waals surface area (Å²) in [4.78, 5) is 36.6. The Morgan fingerprint density at radius 3 is 2.46 bits per heavy atom. The van der Waals surface area contributed by atoms with E-state index in [1.54, 1.807) is 55.5 Å². The lowest BCUT2D eigenvalue weighted by atomic mass is 10.1. The maximum absolute atomic E-state index is 12.6. The molecule has 0 fully saturated rings. The third-order valence-corrected chi connectivity index (χ3v) is 4.13. The van der Waals surface area contributed by atoms with E-state index in [1.807, 2.05) is 0 Å². The fourth-order valence-electron chi connectivity index (χ4n) is 2.69. The van der Waals surface area contributed by atoms with Crippen LogP contribution < -0.4 is 10.9 Å². The van der Waals surface area contributed by atoms with Gasteiger partial charge in [-0.15, -0.1) is 5.10 Å². The van der Waals surface area contributed by atoms with Crippen molar-refractivity contribution < 1.29 is 9.59 Å². The molecule has 3 aromatic rings. The molecule has 26 heavy (non-hydrogen) atoms. The minimum atomic E-state index is -0.785. The third kappa shape index (κ3) is 3.37. The smallest absolute Gasteiger partial charge is 0.278 e. The molecule has 0 bridgehead atoms. The summed E-state index contributed by atoms with van der Waals surface area (Å²) in [5, 5.41) is 11.1. The quantitative estimate of drug-likeness (QED) is 0.714. The van der Waals surface area contributed by atoms with E-state index in [1.165, 1.54) is 6.92 Å². The highest BCUT2D eigenvalue weighted by molar-refractivity contribution is 5.96. The second-order valence-corrected chi connectivity index (χ2v) is 5.90. The highest BCUT2D eigenvalue weighted by atomic mass is 16.2. The first-order valence-corrected chi connectivity index (χ1v) is 8.27. The standard InChI is InChI=1S/C19H18N4O3/c1-3-17(18(25)20-14-10-8-13(9-11-14)12(2)24)23-19(26)15-6-4-5-7-16(15)21-22-23/h4-11,17H,3H2,1-2H3,(H,20,25). The van der Waals surface area contributed by atoms with E-state index in [4.69, 9.17) is 0 Å². The molecule has 0 spiro atoms. The number of rotatable bonds is 5. The molecule has 1 N–H and O–H groups in total. The maximum Gasteiger partial charge on any atom is 0.278 e. The van der Waals surface area contributed by atoms with Crippen LogP contribution in [-0.2, 0) is 4.79 Å². The summed E-state index contributed by atoms with van der Waals surface area (Å²) in [5.74, 6) is -0.415. The molecule has 0 aliphatic heterocycles. The van der Waals surface area contributed by atoms with Gasteiger partial charge in [-0.2, -0.15) is 4.68 Å². The van der Waals surface area contributed by atoms with Gasteiger partial charge in [0.2, 0.25) is 5.91 Å². The van der Waals surface area contributed by atoms with Crippen molar-refractivity contribution in [2.45, 2.75) is 26.3 Å². The van der Waals surface area contributed by atoms with Crippen LogP contribution >= 0.6 is 0 Å². The van der Waals surface area contributed by atoms with E-state index in [0.29, 0.717) is 28.6 Å². The molecule has 1 heterocycles. The summed E-state index contributed by atoms with van der Waals surface area (Å²) in [6.07, 6.45) is 0.379. The van der Waals surface area contributed by atoms with Crippen LogP contribution in [0.4, 0.5) is 5.69 Å². The number of carbonyl (C=O) groups excluding carboxylic acids is 2. The highest BCUT2D eigenvalue weighted by Gasteiger charge is 2.22. The Hall–Kier alpha value is -3.35. The lowest BCUT2D eigenvalue weighted by Crippen LogP contribution is -2.35. The van der Waals surface area contributed by atoms with Crippen LogP contribution in [0.2, 0.25) is 0 Å². The summed E-state index contributed by atoms with van der Waals surface area (Å²) in [7, 11) is 0. The first-order valence-electron chi connectivity index (χ1n) is 8.27. The van der Waals surface area contributed by atoms with Gasteiger partial charge < -0.3 is 5.32 Å². The Morgan fingerprint density at radius 1 is 1.12 bits per heavy atom. The van der Waals surface area contributed by atoms with Crippen molar-refractivity contribution >= 4 is 28.3 Å². The zero-order valence-electron chi connectivity index (χ0n) is 14.5. The molecule has 1 unspecified atom stereocenters. The zero-order valence-corrected chi connectivity index (χ0v) is 14.5. The molecular formula is C19H18N4O3. The van der Waals surface area contributed by atoms with Crippen molar-refractivity contribution in [2.24, 2.45) is 0 Å². The minimum Gasteiger partial charge on any atom is -0.324 e. The first kappa shape index (κ1) is 17.5. The van der Waals surface area contributed by atoms with Crippen LogP contribution in [0.25, 0.3) is 10.9 Å². The van der Waals surface area contributed by atoms with Gasteiger partial charge in [0.25, 0.3) is 5.56 Å². The van der Waals surface area contributed by atoms with E-state index in [2.05, 4.69) is 15.6 Å². The predicted octanol–water partition coefficient (Wildman–Crippen LogP) is 2.58. The summed E-state index contributed by atoms with van der Waals surface area (Å²) >= 11 is 0. The van der Waals surface area contributed by atoms with E-state index in [9.17, 15) is 14.4 Å². The number of nitrogens with one attached hydrogen (secondary N) is 1. The van der Waals surface area contributed by atoms with Gasteiger partial charge in [0, 0.05) is 11.3 Å². The van der Waals surface area contributed by atoms with Crippen LogP contribution in [0.15, 0.2) is 53.3 Å². The third-order valence-electron chi connectivity index (χ3n) is 4.13. The summed E-state index contributed by atoms with van der Waals surface area (Å²) in [5.41, 5.74) is 1.24. The van der Waals surface area contributed by atoms with Gasteiger partial charge in [-0.3, -0.25) is 14.4 Å². The maximum atomic E-state index is 12.6. The average Bonchev–Trinajstić information content (AvgIpc) is 2.65. The van der Waals surface area contributed by atoms with Crippen molar-refractivity contribution in [1.82, 2.24) is 15.0 Å². The number of benzene rings is 2. The molecule has 1 amide bonds. The molecular weight excluding hydrogens is 332 g/mol. The van der Waals surface area contributed by atoms with Crippen molar-refractivity contribution in [3.8, 4) is 0 Å². The van der Waals surface area contributed by atoms with Gasteiger partial charge >= 0.3 is 0 Å². The van der Waals surface area contributed by atoms with E-state index in [-0.39, 0.29) is 17.2 Å². The fraction of sp³-hybridized carbons (Fsp3) is 0.211. The van der Waals surface area contributed by atoms with Crippen LogP contribution in [-0.4, -0.2) is 26.7 Å². The van der Waals surface area contributed by atoms with E-state index >= 15 is 0 Å². The monoisotopic (exact) mass is 350 g/mol. The second kappa shape index (κ2) is 7.26. The molecule has 0 aliphatic rings. The Labute approximate surface area is 149 Å². The lowest BCUT2D eigenvalue weighted by molar-refractivity contribution is -0.119. The Morgan fingerprint density at radius 2 is 1.81 bits per heavy atom. The number of ketones is 1. The molecule has 0 radical (unpaired) electrons. The fourth-order valence-corrected chi connectivity index (χ4v) is 2.69. The molecule has 7 nitrogen and oxygen atoms in total.